The number of nitrogens with one attached hydrogen (secondary N) is 2. The first-order valence-corrected chi connectivity index (χ1v) is 6.05. The number of amides is 1. The lowest BCUT2D eigenvalue weighted by molar-refractivity contribution is 0.0528. The number of terminal acetylenes is 1. The molecule has 0 saturated heterocycles. The minimum atomic E-state index is -0.457. The highest BCUT2D eigenvalue weighted by Crippen LogP contribution is 2.05. The lowest BCUT2D eigenvalue weighted by atomic mass is 10.2. The quantitative estimate of drug-likeness (QED) is 0.551. The minimum absolute atomic E-state index is 0.0837. The standard InChI is InChI=1S/C13H24N2O2/c1-6-8-11(7-2)14-9-10-15-12(16)17-13(3,4)5/h2,11,14H,6,8-10H2,1,3-5H3,(H,15,16). The van der Waals surface area contributed by atoms with Crippen molar-refractivity contribution in [3.63, 3.8) is 0 Å². The van der Waals surface area contributed by atoms with Crippen molar-refractivity contribution in [2.45, 2.75) is 52.2 Å². The van der Waals surface area contributed by atoms with E-state index in [0.29, 0.717) is 13.1 Å². The Kier molecular flexibility index (Phi) is 7.40. The number of carbonyl (C=O) groups is 1. The predicted octanol–water partition coefficient (Wildman–Crippen LogP) is 1.90. The fraction of sp³-hybridized carbons (Fsp3) is 0.769. The van der Waals surface area contributed by atoms with Crippen LogP contribution in [0, 0.1) is 12.3 Å². The van der Waals surface area contributed by atoms with Crippen molar-refractivity contribution in [2.75, 3.05) is 13.1 Å². The normalized spacial score (nSPS) is 12.6. The number of carbonyl (C=O) groups excluding carboxylic acids is 1. The third-order valence-electron chi connectivity index (χ3n) is 1.96. The van der Waals surface area contributed by atoms with Gasteiger partial charge in [-0.25, -0.2) is 4.79 Å². The summed E-state index contributed by atoms with van der Waals surface area (Å²) in [6.45, 7) is 8.75. The second-order valence-electron chi connectivity index (χ2n) is 4.89. The fourth-order valence-corrected chi connectivity index (χ4v) is 1.26. The highest BCUT2D eigenvalue weighted by Gasteiger charge is 2.15. The summed E-state index contributed by atoms with van der Waals surface area (Å²) in [5, 5.41) is 5.85. The Hall–Kier alpha value is -1.21. The zero-order valence-corrected chi connectivity index (χ0v) is 11.3. The molecule has 0 aromatic rings. The van der Waals surface area contributed by atoms with Gasteiger partial charge in [0.05, 0.1) is 6.04 Å². The van der Waals surface area contributed by atoms with Crippen LogP contribution < -0.4 is 10.6 Å². The molecule has 0 rings (SSSR count). The van der Waals surface area contributed by atoms with Gasteiger partial charge < -0.3 is 15.4 Å². The van der Waals surface area contributed by atoms with E-state index in [1.165, 1.54) is 0 Å². The summed E-state index contributed by atoms with van der Waals surface area (Å²) >= 11 is 0. The second kappa shape index (κ2) is 7.97. The number of hydrogen-bond donors (Lipinski definition) is 2. The van der Waals surface area contributed by atoms with Gasteiger partial charge in [0, 0.05) is 13.1 Å². The number of alkyl carbamates (subject to hydrolysis) is 1. The number of ether oxygens (including phenoxy) is 1. The third kappa shape index (κ3) is 9.70. The number of hydrogen-bond acceptors (Lipinski definition) is 3. The van der Waals surface area contributed by atoms with E-state index < -0.39 is 11.7 Å². The molecule has 0 aliphatic rings. The van der Waals surface area contributed by atoms with E-state index in [2.05, 4.69) is 23.5 Å². The molecular weight excluding hydrogens is 216 g/mol. The Balaban J connectivity index is 3.64. The highest BCUT2D eigenvalue weighted by molar-refractivity contribution is 5.67. The van der Waals surface area contributed by atoms with Crippen LogP contribution in [0.15, 0.2) is 0 Å². The summed E-state index contributed by atoms with van der Waals surface area (Å²) in [5.41, 5.74) is -0.457. The first-order chi connectivity index (χ1) is 7.89. The largest absolute Gasteiger partial charge is 0.444 e. The highest BCUT2D eigenvalue weighted by atomic mass is 16.6. The van der Waals surface area contributed by atoms with Crippen LogP contribution in [-0.4, -0.2) is 30.8 Å². The smallest absolute Gasteiger partial charge is 0.407 e. The van der Waals surface area contributed by atoms with Gasteiger partial charge in [-0.05, 0) is 27.2 Å². The Morgan fingerprint density at radius 3 is 2.53 bits per heavy atom. The second-order valence-corrected chi connectivity index (χ2v) is 4.89. The molecule has 1 amide bonds. The maximum absolute atomic E-state index is 11.3. The van der Waals surface area contributed by atoms with Gasteiger partial charge in [0.15, 0.2) is 0 Å². The van der Waals surface area contributed by atoms with Crippen molar-refractivity contribution in [3.8, 4) is 12.3 Å². The van der Waals surface area contributed by atoms with E-state index in [9.17, 15) is 4.79 Å². The van der Waals surface area contributed by atoms with Crippen LogP contribution in [0.3, 0.4) is 0 Å². The van der Waals surface area contributed by atoms with Gasteiger partial charge in [0.1, 0.15) is 5.60 Å². The van der Waals surface area contributed by atoms with E-state index in [-0.39, 0.29) is 6.04 Å². The maximum Gasteiger partial charge on any atom is 0.407 e. The molecule has 0 aliphatic heterocycles. The molecule has 2 N–H and O–H groups in total. The van der Waals surface area contributed by atoms with Crippen LogP contribution in [0.2, 0.25) is 0 Å². The van der Waals surface area contributed by atoms with Gasteiger partial charge in [0.25, 0.3) is 0 Å². The SMILES string of the molecule is C#CC(CCC)NCCNC(=O)OC(C)(C)C. The van der Waals surface area contributed by atoms with Crippen LogP contribution in [-0.2, 0) is 4.74 Å². The van der Waals surface area contributed by atoms with Gasteiger partial charge in [-0.3, -0.25) is 0 Å². The van der Waals surface area contributed by atoms with Gasteiger partial charge in [0.2, 0.25) is 0 Å². The minimum Gasteiger partial charge on any atom is -0.444 e. The first-order valence-electron chi connectivity index (χ1n) is 6.05. The van der Waals surface area contributed by atoms with Crippen molar-refractivity contribution in [2.24, 2.45) is 0 Å². The molecule has 0 saturated carbocycles. The lowest BCUT2D eigenvalue weighted by Gasteiger charge is -2.20. The van der Waals surface area contributed by atoms with Crippen LogP contribution >= 0.6 is 0 Å². The van der Waals surface area contributed by atoms with Gasteiger partial charge in [-0.2, -0.15) is 0 Å². The van der Waals surface area contributed by atoms with E-state index in [4.69, 9.17) is 11.2 Å². The van der Waals surface area contributed by atoms with Crippen molar-refractivity contribution in [1.29, 1.82) is 0 Å². The molecule has 0 bridgehead atoms. The summed E-state index contributed by atoms with van der Waals surface area (Å²) in [5.74, 6) is 2.67. The number of rotatable bonds is 6. The molecule has 4 heteroatoms. The van der Waals surface area contributed by atoms with Crippen LogP contribution in [0.25, 0.3) is 0 Å². The first kappa shape index (κ1) is 15.8. The third-order valence-corrected chi connectivity index (χ3v) is 1.96. The predicted molar refractivity (Wildman–Crippen MR) is 69.8 cm³/mol. The average molecular weight is 240 g/mol. The molecule has 0 aliphatic carbocycles. The molecule has 1 unspecified atom stereocenters. The van der Waals surface area contributed by atoms with E-state index >= 15 is 0 Å². The van der Waals surface area contributed by atoms with Gasteiger partial charge >= 0.3 is 6.09 Å². The summed E-state index contributed by atoms with van der Waals surface area (Å²) < 4.78 is 5.10. The van der Waals surface area contributed by atoms with E-state index in [0.717, 1.165) is 12.8 Å². The molecule has 0 aromatic heterocycles. The van der Waals surface area contributed by atoms with E-state index in [1.807, 2.05) is 20.8 Å². The molecular formula is C13H24N2O2. The lowest BCUT2D eigenvalue weighted by Crippen LogP contribution is -2.38. The molecule has 98 valence electrons. The van der Waals surface area contributed by atoms with Crippen LogP contribution in [0.4, 0.5) is 4.79 Å². The molecule has 4 nitrogen and oxygen atoms in total. The maximum atomic E-state index is 11.3. The van der Waals surface area contributed by atoms with Crippen LogP contribution in [0.5, 0.6) is 0 Å². The van der Waals surface area contributed by atoms with Gasteiger partial charge in [-0.1, -0.05) is 19.3 Å². The Morgan fingerprint density at radius 1 is 1.41 bits per heavy atom. The molecule has 17 heavy (non-hydrogen) atoms. The molecule has 0 radical (unpaired) electrons. The molecule has 0 spiro atoms. The summed E-state index contributed by atoms with van der Waals surface area (Å²) in [6, 6.07) is 0.0837. The Labute approximate surface area is 104 Å². The van der Waals surface area contributed by atoms with E-state index in [1.54, 1.807) is 0 Å². The summed E-state index contributed by atoms with van der Waals surface area (Å²) in [4.78, 5) is 11.3. The average Bonchev–Trinajstić information content (AvgIpc) is 2.20. The summed E-state index contributed by atoms with van der Waals surface area (Å²) in [6.07, 6.45) is 6.95. The Morgan fingerprint density at radius 2 is 2.06 bits per heavy atom. The molecule has 0 fully saturated rings. The van der Waals surface area contributed by atoms with Crippen molar-refractivity contribution < 1.29 is 9.53 Å². The van der Waals surface area contributed by atoms with Crippen molar-refractivity contribution in [3.05, 3.63) is 0 Å². The molecule has 1 atom stereocenters. The zero-order chi connectivity index (χ0) is 13.3. The topological polar surface area (TPSA) is 50.4 Å². The van der Waals surface area contributed by atoms with Crippen molar-refractivity contribution in [1.82, 2.24) is 10.6 Å². The summed E-state index contributed by atoms with van der Waals surface area (Å²) in [7, 11) is 0. The Bertz CT molecular complexity index is 264. The monoisotopic (exact) mass is 240 g/mol. The molecule has 0 aromatic carbocycles. The van der Waals surface area contributed by atoms with Gasteiger partial charge in [-0.15, -0.1) is 6.42 Å². The molecule has 0 heterocycles. The zero-order valence-electron chi connectivity index (χ0n) is 11.3. The fourth-order valence-electron chi connectivity index (χ4n) is 1.26. The van der Waals surface area contributed by atoms with Crippen LogP contribution in [0.1, 0.15) is 40.5 Å². The van der Waals surface area contributed by atoms with Crippen molar-refractivity contribution >= 4 is 6.09 Å².